The van der Waals surface area contributed by atoms with E-state index in [-0.39, 0.29) is 12.1 Å². The highest BCUT2D eigenvalue weighted by Gasteiger charge is 2.31. The van der Waals surface area contributed by atoms with Gasteiger partial charge < -0.3 is 10.4 Å². The molecule has 0 radical (unpaired) electrons. The third kappa shape index (κ3) is 1.50. The lowest BCUT2D eigenvalue weighted by atomic mass is 10.1. The summed E-state index contributed by atoms with van der Waals surface area (Å²) in [4.78, 5) is 20.9. The molecule has 1 aliphatic rings. The van der Waals surface area contributed by atoms with Crippen molar-refractivity contribution in [3.63, 3.8) is 0 Å². The Morgan fingerprint density at radius 3 is 2.93 bits per heavy atom. The Bertz CT molecular complexity index is 444. The van der Waals surface area contributed by atoms with Crippen LogP contribution in [-0.4, -0.2) is 22.0 Å². The van der Waals surface area contributed by atoms with Gasteiger partial charge in [-0.1, -0.05) is 6.07 Å². The molecule has 0 aromatic heterocycles. The first-order chi connectivity index (χ1) is 7.09. The molecule has 1 aliphatic heterocycles. The summed E-state index contributed by atoms with van der Waals surface area (Å²) in [6, 6.07) is 3.80. The molecule has 1 heterocycles. The number of hydrogen-bond acceptors (Lipinski definition) is 4. The van der Waals surface area contributed by atoms with Gasteiger partial charge in [-0.05, 0) is 6.07 Å². The Kier molecular flexibility index (Phi) is 2.03. The quantitative estimate of drug-likeness (QED) is 0.559. The number of hydrogen-bond donors (Lipinski definition) is 2. The van der Waals surface area contributed by atoms with E-state index in [2.05, 4.69) is 5.32 Å². The van der Waals surface area contributed by atoms with Crippen molar-refractivity contribution in [3.8, 4) is 0 Å². The number of benzene rings is 1. The van der Waals surface area contributed by atoms with Crippen LogP contribution >= 0.6 is 0 Å². The fourth-order valence-corrected chi connectivity index (χ4v) is 1.69. The molecule has 2 rings (SSSR count). The molecule has 2 N–H and O–H groups in total. The lowest BCUT2D eigenvalue weighted by Gasteiger charge is -2.02. The second kappa shape index (κ2) is 3.23. The third-order valence-corrected chi connectivity index (χ3v) is 2.38. The molecule has 78 valence electrons. The van der Waals surface area contributed by atoms with E-state index in [1.807, 2.05) is 0 Å². The number of aliphatic carboxylic acids is 1. The van der Waals surface area contributed by atoms with E-state index in [4.69, 9.17) is 5.11 Å². The molecule has 6 nitrogen and oxygen atoms in total. The van der Waals surface area contributed by atoms with Gasteiger partial charge in [0.05, 0.1) is 10.5 Å². The van der Waals surface area contributed by atoms with Gasteiger partial charge in [0.2, 0.25) is 0 Å². The monoisotopic (exact) mass is 208 g/mol. The van der Waals surface area contributed by atoms with Crippen molar-refractivity contribution in [2.45, 2.75) is 12.5 Å². The summed E-state index contributed by atoms with van der Waals surface area (Å²) in [6.45, 7) is 0. The van der Waals surface area contributed by atoms with Crippen molar-refractivity contribution < 1.29 is 14.8 Å². The molecule has 0 amide bonds. The summed E-state index contributed by atoms with van der Waals surface area (Å²) < 4.78 is 0. The van der Waals surface area contributed by atoms with Gasteiger partial charge in [-0.15, -0.1) is 0 Å². The zero-order valence-corrected chi connectivity index (χ0v) is 7.64. The Balaban J connectivity index is 2.41. The van der Waals surface area contributed by atoms with Gasteiger partial charge in [-0.3, -0.25) is 10.1 Å². The van der Waals surface area contributed by atoms with E-state index >= 15 is 0 Å². The largest absolute Gasteiger partial charge is 0.480 e. The molecule has 0 fully saturated rings. The highest BCUT2D eigenvalue weighted by molar-refractivity contribution is 5.82. The standard InChI is InChI=1S/C9H8N2O4/c12-9(13)7-4-5-6(10-7)2-1-3-8(5)11(14)15/h1-3,7,10H,4H2,(H,12,13)/t7-/m0/s1. The van der Waals surface area contributed by atoms with Crippen molar-refractivity contribution in [1.29, 1.82) is 0 Å². The Morgan fingerprint density at radius 1 is 1.60 bits per heavy atom. The number of anilines is 1. The van der Waals surface area contributed by atoms with E-state index in [1.54, 1.807) is 6.07 Å². The molecule has 6 heteroatoms. The maximum Gasteiger partial charge on any atom is 0.326 e. The van der Waals surface area contributed by atoms with Crippen molar-refractivity contribution in [1.82, 2.24) is 0 Å². The van der Waals surface area contributed by atoms with Crippen LogP contribution in [0.1, 0.15) is 5.56 Å². The summed E-state index contributed by atoms with van der Waals surface area (Å²) in [5.74, 6) is -1.000. The lowest BCUT2D eigenvalue weighted by Crippen LogP contribution is -2.26. The summed E-state index contributed by atoms with van der Waals surface area (Å²) in [7, 11) is 0. The molecule has 1 aromatic rings. The minimum atomic E-state index is -1.000. The SMILES string of the molecule is O=C(O)[C@@H]1Cc2c(cccc2[N+](=O)[O-])N1. The minimum Gasteiger partial charge on any atom is -0.480 e. The van der Waals surface area contributed by atoms with Gasteiger partial charge in [0, 0.05) is 18.2 Å². The molecule has 0 aliphatic carbocycles. The van der Waals surface area contributed by atoms with Crippen LogP contribution in [0.4, 0.5) is 11.4 Å². The first-order valence-corrected chi connectivity index (χ1v) is 4.35. The molecule has 0 bridgehead atoms. The van der Waals surface area contributed by atoms with Crippen molar-refractivity contribution >= 4 is 17.3 Å². The van der Waals surface area contributed by atoms with Crippen LogP contribution < -0.4 is 5.32 Å². The van der Waals surface area contributed by atoms with Crippen LogP contribution in [0, 0.1) is 10.1 Å². The van der Waals surface area contributed by atoms with E-state index in [0.29, 0.717) is 11.3 Å². The third-order valence-electron chi connectivity index (χ3n) is 2.38. The van der Waals surface area contributed by atoms with Crippen molar-refractivity contribution in [3.05, 3.63) is 33.9 Å². The molecule has 15 heavy (non-hydrogen) atoms. The van der Waals surface area contributed by atoms with Crippen molar-refractivity contribution in [2.24, 2.45) is 0 Å². The number of nitro groups is 1. The number of nitrogens with zero attached hydrogens (tertiary/aromatic N) is 1. The first-order valence-electron chi connectivity index (χ1n) is 4.35. The molecule has 0 saturated carbocycles. The molecule has 1 atom stereocenters. The van der Waals surface area contributed by atoms with E-state index in [1.165, 1.54) is 12.1 Å². The number of nitro benzene ring substituents is 1. The topological polar surface area (TPSA) is 92.5 Å². The normalized spacial score (nSPS) is 18.0. The molecular formula is C9H8N2O4. The van der Waals surface area contributed by atoms with E-state index in [0.717, 1.165) is 0 Å². The predicted octanol–water partition coefficient (Wildman–Crippen LogP) is 1.02. The van der Waals surface area contributed by atoms with Gasteiger partial charge in [0.1, 0.15) is 6.04 Å². The van der Waals surface area contributed by atoms with Gasteiger partial charge >= 0.3 is 5.97 Å². The van der Waals surface area contributed by atoms with Crippen LogP contribution in [0.5, 0.6) is 0 Å². The second-order valence-corrected chi connectivity index (χ2v) is 3.30. The van der Waals surface area contributed by atoms with Crippen LogP contribution in [0.2, 0.25) is 0 Å². The van der Waals surface area contributed by atoms with Crippen LogP contribution in [0.25, 0.3) is 0 Å². The fourth-order valence-electron chi connectivity index (χ4n) is 1.69. The minimum absolute atomic E-state index is 0.0243. The average Bonchev–Trinajstić information content (AvgIpc) is 2.60. The summed E-state index contributed by atoms with van der Waals surface area (Å²) in [5, 5.41) is 22.2. The van der Waals surface area contributed by atoms with Gasteiger partial charge in [0.15, 0.2) is 0 Å². The van der Waals surface area contributed by atoms with Crippen LogP contribution in [0.3, 0.4) is 0 Å². The molecule has 0 spiro atoms. The Morgan fingerprint density at radius 2 is 2.33 bits per heavy atom. The average molecular weight is 208 g/mol. The van der Waals surface area contributed by atoms with E-state index < -0.39 is 16.9 Å². The number of fused-ring (bicyclic) bond motifs is 1. The zero-order valence-electron chi connectivity index (χ0n) is 7.64. The number of rotatable bonds is 2. The molecule has 1 aromatic carbocycles. The lowest BCUT2D eigenvalue weighted by molar-refractivity contribution is -0.385. The zero-order chi connectivity index (χ0) is 11.0. The molecule has 0 saturated heterocycles. The number of carboxylic acids is 1. The van der Waals surface area contributed by atoms with Gasteiger partial charge in [-0.25, -0.2) is 4.79 Å². The number of carboxylic acid groups (broad SMARTS) is 1. The Hall–Kier alpha value is -2.11. The summed E-state index contributed by atoms with van der Waals surface area (Å²) >= 11 is 0. The van der Waals surface area contributed by atoms with Gasteiger partial charge in [0.25, 0.3) is 5.69 Å². The fraction of sp³-hybridized carbons (Fsp3) is 0.222. The van der Waals surface area contributed by atoms with Crippen LogP contribution in [0.15, 0.2) is 18.2 Å². The number of nitrogens with one attached hydrogen (secondary N) is 1. The highest BCUT2D eigenvalue weighted by atomic mass is 16.6. The first kappa shape index (κ1) is 9.45. The van der Waals surface area contributed by atoms with E-state index in [9.17, 15) is 14.9 Å². The maximum atomic E-state index is 10.7. The summed E-state index contributed by atoms with van der Waals surface area (Å²) in [6.07, 6.45) is 0.155. The summed E-state index contributed by atoms with van der Waals surface area (Å²) in [5.41, 5.74) is 0.982. The second-order valence-electron chi connectivity index (χ2n) is 3.30. The highest BCUT2D eigenvalue weighted by Crippen LogP contribution is 2.33. The number of carbonyl (C=O) groups is 1. The predicted molar refractivity (Wildman–Crippen MR) is 51.8 cm³/mol. The van der Waals surface area contributed by atoms with Crippen LogP contribution in [-0.2, 0) is 11.2 Å². The van der Waals surface area contributed by atoms with Gasteiger partial charge in [-0.2, -0.15) is 0 Å². The smallest absolute Gasteiger partial charge is 0.326 e. The molecular weight excluding hydrogens is 200 g/mol. The van der Waals surface area contributed by atoms with Crippen molar-refractivity contribution in [2.75, 3.05) is 5.32 Å². The Labute approximate surface area is 84.7 Å². The molecule has 0 unspecified atom stereocenters. The maximum absolute atomic E-state index is 10.7.